The Labute approximate surface area is 106 Å². The summed E-state index contributed by atoms with van der Waals surface area (Å²) in [6.07, 6.45) is 1.37. The van der Waals surface area contributed by atoms with Crippen molar-refractivity contribution in [2.75, 3.05) is 0 Å². The summed E-state index contributed by atoms with van der Waals surface area (Å²) in [6.45, 7) is 5.45. The number of hydrogen-bond donors (Lipinski definition) is 2. The molecule has 0 aliphatic carbocycles. The van der Waals surface area contributed by atoms with Crippen molar-refractivity contribution in [3.8, 4) is 0 Å². The third-order valence-electron chi connectivity index (χ3n) is 2.13. The smallest absolute Gasteiger partial charge is 0.253 e. The lowest BCUT2D eigenvalue weighted by Gasteiger charge is -2.21. The molecule has 1 atom stereocenters. The highest BCUT2D eigenvalue weighted by Crippen LogP contribution is 2.09. The molecule has 0 aliphatic heterocycles. The van der Waals surface area contributed by atoms with Crippen molar-refractivity contribution in [3.63, 3.8) is 0 Å². The first kappa shape index (κ1) is 14.4. The molecule has 0 saturated heterocycles. The molecule has 98 valence electrons. The zero-order valence-electron chi connectivity index (χ0n) is 10.8. The molecule has 1 aromatic rings. The van der Waals surface area contributed by atoms with Crippen LogP contribution in [0.3, 0.4) is 0 Å². The van der Waals surface area contributed by atoms with Crippen LogP contribution in [0.15, 0.2) is 30.3 Å². The van der Waals surface area contributed by atoms with E-state index in [-0.39, 0.29) is 0 Å². The van der Waals surface area contributed by atoms with Gasteiger partial charge in [0.25, 0.3) is 5.91 Å². The zero-order chi connectivity index (χ0) is 13.8. The van der Waals surface area contributed by atoms with E-state index in [9.17, 15) is 14.3 Å². The maximum atomic E-state index is 13.3. The quantitative estimate of drug-likeness (QED) is 0.864. The largest absolute Gasteiger partial charge is 0.379 e. The average molecular weight is 251 g/mol. The second-order valence-corrected chi connectivity index (χ2v) is 5.06. The summed E-state index contributed by atoms with van der Waals surface area (Å²) in [7, 11) is 0. The number of rotatable bonds is 3. The van der Waals surface area contributed by atoms with Crippen LogP contribution in [-0.4, -0.2) is 22.7 Å². The molecule has 4 heteroatoms. The van der Waals surface area contributed by atoms with Crippen LogP contribution in [0.5, 0.6) is 0 Å². The summed E-state index contributed by atoms with van der Waals surface area (Å²) in [4.78, 5) is 11.6. The van der Waals surface area contributed by atoms with Gasteiger partial charge in [0.1, 0.15) is 5.82 Å². The van der Waals surface area contributed by atoms with E-state index in [0.717, 1.165) is 0 Å². The minimum atomic E-state index is -1.29. The molecular formula is C14H18FNO2. The molecule has 0 saturated carbocycles. The van der Waals surface area contributed by atoms with Gasteiger partial charge in [0, 0.05) is 11.1 Å². The molecular weight excluding hydrogens is 233 g/mol. The fourth-order valence-electron chi connectivity index (χ4n) is 1.34. The summed E-state index contributed by atoms with van der Waals surface area (Å²) < 4.78 is 13.3. The molecule has 0 unspecified atom stereocenters. The van der Waals surface area contributed by atoms with Crippen LogP contribution in [0.1, 0.15) is 26.3 Å². The van der Waals surface area contributed by atoms with Gasteiger partial charge in [0.15, 0.2) is 6.10 Å². The molecule has 0 aromatic heterocycles. The third kappa shape index (κ3) is 4.67. The van der Waals surface area contributed by atoms with Crippen LogP contribution in [-0.2, 0) is 4.79 Å². The number of halogens is 1. The van der Waals surface area contributed by atoms with Crippen LogP contribution in [0.25, 0.3) is 6.08 Å². The number of nitrogens with one attached hydrogen (secondary N) is 1. The van der Waals surface area contributed by atoms with Gasteiger partial charge in [-0.2, -0.15) is 0 Å². The second kappa shape index (κ2) is 5.78. The van der Waals surface area contributed by atoms with Crippen molar-refractivity contribution in [1.82, 2.24) is 5.32 Å². The van der Waals surface area contributed by atoms with Crippen molar-refractivity contribution >= 4 is 12.0 Å². The predicted octanol–water partition coefficient (Wildman–Crippen LogP) is 2.11. The molecule has 0 aliphatic rings. The highest BCUT2D eigenvalue weighted by molar-refractivity contribution is 5.84. The number of carbonyl (C=O) groups is 1. The molecule has 1 aromatic carbocycles. The van der Waals surface area contributed by atoms with Gasteiger partial charge in [-0.1, -0.05) is 24.3 Å². The van der Waals surface area contributed by atoms with Crippen molar-refractivity contribution in [2.45, 2.75) is 32.4 Å². The first-order valence-corrected chi connectivity index (χ1v) is 5.72. The number of aliphatic hydroxyl groups is 1. The zero-order valence-corrected chi connectivity index (χ0v) is 10.8. The van der Waals surface area contributed by atoms with E-state index < -0.39 is 23.4 Å². The van der Waals surface area contributed by atoms with E-state index in [1.807, 2.05) is 20.8 Å². The van der Waals surface area contributed by atoms with Crippen molar-refractivity contribution < 1.29 is 14.3 Å². The Balaban J connectivity index is 2.68. The minimum Gasteiger partial charge on any atom is -0.379 e. The van der Waals surface area contributed by atoms with Gasteiger partial charge in [-0.05, 0) is 32.9 Å². The summed E-state index contributed by atoms with van der Waals surface area (Å²) in [6, 6.07) is 6.15. The fraction of sp³-hybridized carbons (Fsp3) is 0.357. The Hall–Kier alpha value is -1.68. The molecule has 18 heavy (non-hydrogen) atoms. The molecule has 1 amide bonds. The molecule has 3 nitrogen and oxygen atoms in total. The molecule has 0 fully saturated rings. The minimum absolute atomic E-state index is 0.333. The maximum absolute atomic E-state index is 13.3. The van der Waals surface area contributed by atoms with Gasteiger partial charge in [0.2, 0.25) is 0 Å². The monoisotopic (exact) mass is 251 g/mol. The lowest BCUT2D eigenvalue weighted by molar-refractivity contribution is -0.128. The summed E-state index contributed by atoms with van der Waals surface area (Å²) in [5.41, 5.74) is -0.0794. The van der Waals surface area contributed by atoms with Gasteiger partial charge < -0.3 is 10.4 Å². The highest BCUT2D eigenvalue weighted by atomic mass is 19.1. The topological polar surface area (TPSA) is 49.3 Å². The highest BCUT2D eigenvalue weighted by Gasteiger charge is 2.18. The maximum Gasteiger partial charge on any atom is 0.253 e. The van der Waals surface area contributed by atoms with Gasteiger partial charge in [-0.3, -0.25) is 4.79 Å². The Morgan fingerprint density at radius 2 is 2.00 bits per heavy atom. The van der Waals surface area contributed by atoms with E-state index in [1.165, 1.54) is 18.2 Å². The normalized spacial score (nSPS) is 13.6. The summed E-state index contributed by atoms with van der Waals surface area (Å²) >= 11 is 0. The second-order valence-electron chi connectivity index (χ2n) is 5.06. The molecule has 0 bridgehead atoms. The van der Waals surface area contributed by atoms with E-state index in [1.54, 1.807) is 18.2 Å². The van der Waals surface area contributed by atoms with Crippen LogP contribution >= 0.6 is 0 Å². The van der Waals surface area contributed by atoms with Gasteiger partial charge in [0.05, 0.1) is 0 Å². The van der Waals surface area contributed by atoms with Gasteiger partial charge in [-0.25, -0.2) is 4.39 Å². The Kier molecular flexibility index (Phi) is 4.62. The fourth-order valence-corrected chi connectivity index (χ4v) is 1.34. The summed E-state index contributed by atoms with van der Waals surface area (Å²) in [5, 5.41) is 12.2. The Morgan fingerprint density at radius 3 is 2.56 bits per heavy atom. The molecule has 1 rings (SSSR count). The number of carbonyl (C=O) groups excluding carboxylic acids is 1. The standard InChI is InChI=1S/C14H18FNO2/c1-14(2,3)16-13(18)12(17)9-8-10-6-4-5-7-11(10)15/h4-9,12,17H,1-3H3,(H,16,18)/b9-8+/t12-/m0/s1. The van der Waals surface area contributed by atoms with Crippen molar-refractivity contribution in [2.24, 2.45) is 0 Å². The van der Waals surface area contributed by atoms with Gasteiger partial charge in [-0.15, -0.1) is 0 Å². The lowest BCUT2D eigenvalue weighted by atomic mass is 10.1. The van der Waals surface area contributed by atoms with Crippen molar-refractivity contribution in [1.29, 1.82) is 0 Å². The number of benzene rings is 1. The predicted molar refractivity (Wildman–Crippen MR) is 69.3 cm³/mol. The first-order chi connectivity index (χ1) is 8.29. The van der Waals surface area contributed by atoms with Crippen LogP contribution < -0.4 is 5.32 Å². The molecule has 0 spiro atoms. The van der Waals surface area contributed by atoms with Gasteiger partial charge >= 0.3 is 0 Å². The average Bonchev–Trinajstić information content (AvgIpc) is 2.25. The van der Waals surface area contributed by atoms with E-state index in [2.05, 4.69) is 5.32 Å². The molecule has 0 radical (unpaired) electrons. The number of hydrogen-bond acceptors (Lipinski definition) is 2. The number of aliphatic hydroxyl groups excluding tert-OH is 1. The van der Waals surface area contributed by atoms with Crippen LogP contribution in [0.2, 0.25) is 0 Å². The van der Waals surface area contributed by atoms with E-state index in [0.29, 0.717) is 5.56 Å². The lowest BCUT2D eigenvalue weighted by Crippen LogP contribution is -2.45. The van der Waals surface area contributed by atoms with Crippen LogP contribution in [0.4, 0.5) is 4.39 Å². The molecule has 0 heterocycles. The molecule has 2 N–H and O–H groups in total. The summed E-state index contributed by atoms with van der Waals surface area (Å²) in [5.74, 6) is -0.896. The number of amides is 1. The van der Waals surface area contributed by atoms with Crippen LogP contribution in [0, 0.1) is 5.82 Å². The SMILES string of the molecule is CC(C)(C)NC(=O)[C@@H](O)/C=C/c1ccccc1F. The van der Waals surface area contributed by atoms with Crippen molar-refractivity contribution in [3.05, 3.63) is 41.7 Å². The van der Waals surface area contributed by atoms with E-state index >= 15 is 0 Å². The third-order valence-corrected chi connectivity index (χ3v) is 2.13. The first-order valence-electron chi connectivity index (χ1n) is 5.72. The Morgan fingerprint density at radius 1 is 1.39 bits per heavy atom. The Bertz CT molecular complexity index is 449. The van der Waals surface area contributed by atoms with E-state index in [4.69, 9.17) is 0 Å².